The Bertz CT molecular complexity index is 254. The Kier molecular flexibility index (Phi) is 3.81. The van der Waals surface area contributed by atoms with E-state index in [0.29, 0.717) is 13.1 Å². The number of carbonyl (C=O) groups is 2. The van der Waals surface area contributed by atoms with Gasteiger partial charge in [-0.15, -0.1) is 0 Å². The second-order valence-corrected chi connectivity index (χ2v) is 3.45. The van der Waals surface area contributed by atoms with Crippen molar-refractivity contribution in [3.05, 3.63) is 0 Å². The second kappa shape index (κ2) is 4.90. The Morgan fingerprint density at radius 2 is 2.07 bits per heavy atom. The number of nitrogens with zero attached hydrogens (tertiary/aromatic N) is 1. The summed E-state index contributed by atoms with van der Waals surface area (Å²) in [5.41, 5.74) is 0. The summed E-state index contributed by atoms with van der Waals surface area (Å²) in [6.45, 7) is -0.0261. The fraction of sp³-hybridized carbons (Fsp3) is 0.750. The van der Waals surface area contributed by atoms with Gasteiger partial charge in [0.1, 0.15) is 0 Å². The molecule has 15 heavy (non-hydrogen) atoms. The van der Waals surface area contributed by atoms with Crippen LogP contribution in [-0.2, 0) is 4.79 Å². The molecule has 1 rings (SSSR count). The molecule has 0 bridgehead atoms. The number of aliphatic carboxylic acids is 1. The smallest absolute Gasteiger partial charge is 0.317 e. The van der Waals surface area contributed by atoms with Gasteiger partial charge in [0.2, 0.25) is 0 Å². The van der Waals surface area contributed by atoms with Crippen LogP contribution in [0.4, 0.5) is 13.6 Å². The number of carboxylic acid groups (broad SMARTS) is 1. The first-order valence-electron chi connectivity index (χ1n) is 4.51. The van der Waals surface area contributed by atoms with Crippen molar-refractivity contribution in [1.29, 1.82) is 0 Å². The molecule has 1 aliphatic rings. The van der Waals surface area contributed by atoms with E-state index in [1.807, 2.05) is 5.32 Å². The van der Waals surface area contributed by atoms with Crippen molar-refractivity contribution < 1.29 is 23.5 Å². The van der Waals surface area contributed by atoms with Gasteiger partial charge < -0.3 is 15.3 Å². The lowest BCUT2D eigenvalue weighted by molar-refractivity contribution is -0.139. The third-order valence-corrected chi connectivity index (χ3v) is 2.12. The van der Waals surface area contributed by atoms with E-state index in [4.69, 9.17) is 5.11 Å². The Hall–Kier alpha value is -1.40. The number of amides is 2. The maximum absolute atomic E-state index is 11.7. The van der Waals surface area contributed by atoms with Crippen molar-refractivity contribution >= 4 is 12.0 Å². The zero-order valence-corrected chi connectivity index (χ0v) is 7.95. The Labute approximate surface area is 85.0 Å². The van der Waals surface area contributed by atoms with Crippen LogP contribution < -0.4 is 5.32 Å². The number of rotatable bonds is 4. The number of nitrogens with one attached hydrogen (secondary N) is 1. The third kappa shape index (κ3) is 3.69. The molecule has 86 valence electrons. The summed E-state index contributed by atoms with van der Waals surface area (Å²) in [5, 5.41) is 10.5. The highest BCUT2D eigenvalue weighted by atomic mass is 19.3. The molecule has 0 aromatic rings. The van der Waals surface area contributed by atoms with Crippen LogP contribution in [0.1, 0.15) is 6.42 Å². The van der Waals surface area contributed by atoms with E-state index in [1.54, 1.807) is 0 Å². The summed E-state index contributed by atoms with van der Waals surface area (Å²) in [5.74, 6) is -0.965. The molecule has 1 aliphatic heterocycles. The lowest BCUT2D eigenvalue weighted by atomic mass is 9.97. The van der Waals surface area contributed by atoms with Gasteiger partial charge in [-0.25, -0.2) is 13.6 Å². The fourth-order valence-corrected chi connectivity index (χ4v) is 1.39. The van der Waals surface area contributed by atoms with Crippen LogP contribution in [0.3, 0.4) is 0 Å². The van der Waals surface area contributed by atoms with Crippen LogP contribution in [0.15, 0.2) is 0 Å². The Balaban J connectivity index is 2.15. The number of likely N-dealkylation sites (tertiary alicyclic amines) is 1. The van der Waals surface area contributed by atoms with Crippen LogP contribution in [-0.4, -0.2) is 48.1 Å². The van der Waals surface area contributed by atoms with Crippen molar-refractivity contribution in [3.63, 3.8) is 0 Å². The summed E-state index contributed by atoms with van der Waals surface area (Å²) >= 11 is 0. The van der Waals surface area contributed by atoms with Gasteiger partial charge in [0.15, 0.2) is 0 Å². The van der Waals surface area contributed by atoms with E-state index in [1.165, 1.54) is 4.90 Å². The molecule has 0 unspecified atom stereocenters. The Morgan fingerprint density at radius 1 is 1.47 bits per heavy atom. The average molecular weight is 222 g/mol. The Morgan fingerprint density at radius 3 is 2.53 bits per heavy atom. The number of carboxylic acids is 1. The normalized spacial score (nSPS) is 16.3. The minimum atomic E-state index is -2.56. The largest absolute Gasteiger partial charge is 0.481 e. The van der Waals surface area contributed by atoms with E-state index in [9.17, 15) is 18.4 Å². The van der Waals surface area contributed by atoms with E-state index in [2.05, 4.69) is 0 Å². The van der Waals surface area contributed by atoms with Crippen LogP contribution >= 0.6 is 0 Å². The van der Waals surface area contributed by atoms with Crippen LogP contribution in [0.25, 0.3) is 0 Å². The van der Waals surface area contributed by atoms with Crippen molar-refractivity contribution in [2.24, 2.45) is 5.92 Å². The molecule has 0 aromatic carbocycles. The molecule has 2 amide bonds. The SMILES string of the molecule is O=C(O)CC1CN(C(=O)NCC(F)F)C1. The monoisotopic (exact) mass is 222 g/mol. The van der Waals surface area contributed by atoms with Gasteiger partial charge in [0, 0.05) is 19.0 Å². The van der Waals surface area contributed by atoms with E-state index >= 15 is 0 Å². The van der Waals surface area contributed by atoms with Gasteiger partial charge in [-0.2, -0.15) is 0 Å². The molecule has 2 N–H and O–H groups in total. The molecule has 1 fully saturated rings. The maximum Gasteiger partial charge on any atom is 0.317 e. The van der Waals surface area contributed by atoms with Gasteiger partial charge in [-0.3, -0.25) is 4.79 Å². The summed E-state index contributed by atoms with van der Waals surface area (Å²) in [6.07, 6.45) is -2.55. The zero-order chi connectivity index (χ0) is 11.4. The molecule has 1 heterocycles. The predicted octanol–water partition coefficient (Wildman–Crippen LogP) is 0.368. The molecule has 5 nitrogen and oxygen atoms in total. The number of hydrogen-bond donors (Lipinski definition) is 2. The molecule has 1 saturated heterocycles. The first-order valence-corrected chi connectivity index (χ1v) is 4.51. The molecular formula is C8H12F2N2O3. The molecule has 0 spiro atoms. The average Bonchev–Trinajstić information content (AvgIpc) is 2.06. The zero-order valence-electron chi connectivity index (χ0n) is 7.95. The summed E-state index contributed by atoms with van der Waals surface area (Å²) in [4.78, 5) is 22.7. The molecule has 0 atom stereocenters. The minimum absolute atomic E-state index is 0.0125. The van der Waals surface area contributed by atoms with Crippen LogP contribution in [0.5, 0.6) is 0 Å². The molecule has 0 aromatic heterocycles. The number of halogens is 2. The standard InChI is InChI=1S/C8H12F2N2O3/c9-6(10)2-11-8(15)12-3-5(4-12)1-7(13)14/h5-6H,1-4H2,(H,11,15)(H,13,14). The van der Waals surface area contributed by atoms with Crippen molar-refractivity contribution in [1.82, 2.24) is 10.2 Å². The van der Waals surface area contributed by atoms with E-state index in [0.717, 1.165) is 0 Å². The maximum atomic E-state index is 11.7. The van der Waals surface area contributed by atoms with E-state index < -0.39 is 25.0 Å². The van der Waals surface area contributed by atoms with Gasteiger partial charge in [-0.05, 0) is 0 Å². The lowest BCUT2D eigenvalue weighted by Gasteiger charge is -2.38. The summed E-state index contributed by atoms with van der Waals surface area (Å²) < 4.78 is 23.4. The van der Waals surface area contributed by atoms with Crippen molar-refractivity contribution in [3.8, 4) is 0 Å². The van der Waals surface area contributed by atoms with Crippen molar-refractivity contribution in [2.45, 2.75) is 12.8 Å². The lowest BCUT2D eigenvalue weighted by Crippen LogP contribution is -2.54. The van der Waals surface area contributed by atoms with Crippen molar-refractivity contribution in [2.75, 3.05) is 19.6 Å². The summed E-state index contributed by atoms with van der Waals surface area (Å²) in [6, 6.07) is -0.558. The third-order valence-electron chi connectivity index (χ3n) is 2.12. The number of urea groups is 1. The van der Waals surface area contributed by atoms with Crippen LogP contribution in [0.2, 0.25) is 0 Å². The molecule has 7 heteroatoms. The number of hydrogen-bond acceptors (Lipinski definition) is 2. The molecule has 0 aliphatic carbocycles. The highest BCUT2D eigenvalue weighted by Gasteiger charge is 2.31. The van der Waals surface area contributed by atoms with Crippen LogP contribution in [0, 0.1) is 5.92 Å². The van der Waals surface area contributed by atoms with Gasteiger partial charge in [0.25, 0.3) is 6.43 Å². The highest BCUT2D eigenvalue weighted by Crippen LogP contribution is 2.18. The van der Waals surface area contributed by atoms with Gasteiger partial charge in [0.05, 0.1) is 13.0 Å². The predicted molar refractivity (Wildman–Crippen MR) is 46.7 cm³/mol. The van der Waals surface area contributed by atoms with Gasteiger partial charge >= 0.3 is 12.0 Å². The highest BCUT2D eigenvalue weighted by molar-refractivity contribution is 5.75. The molecule has 0 radical (unpaired) electrons. The first kappa shape index (κ1) is 11.7. The number of alkyl halides is 2. The second-order valence-electron chi connectivity index (χ2n) is 3.45. The topological polar surface area (TPSA) is 69.6 Å². The number of carbonyl (C=O) groups excluding carboxylic acids is 1. The quantitative estimate of drug-likeness (QED) is 0.721. The first-order chi connectivity index (χ1) is 6.99. The fourth-order valence-electron chi connectivity index (χ4n) is 1.39. The molecule has 0 saturated carbocycles. The summed E-state index contributed by atoms with van der Waals surface area (Å²) in [7, 11) is 0. The van der Waals surface area contributed by atoms with E-state index in [-0.39, 0.29) is 12.3 Å². The minimum Gasteiger partial charge on any atom is -0.481 e. The van der Waals surface area contributed by atoms with Gasteiger partial charge in [-0.1, -0.05) is 0 Å². The molecular weight excluding hydrogens is 210 g/mol.